The van der Waals surface area contributed by atoms with Gasteiger partial charge >= 0.3 is 0 Å². The highest BCUT2D eigenvalue weighted by molar-refractivity contribution is 6.30. The Morgan fingerprint density at radius 1 is 0.571 bits per heavy atom. The van der Waals surface area contributed by atoms with Crippen LogP contribution in [0.25, 0.3) is 0 Å². The molecule has 6 nitrogen and oxygen atoms in total. The molecule has 0 atom stereocenters. The Morgan fingerprint density at radius 2 is 1.02 bits per heavy atom. The van der Waals surface area contributed by atoms with Gasteiger partial charge in [0.15, 0.2) is 5.78 Å². The molecule has 1 N–H and O–H groups in total. The second-order valence-corrected chi connectivity index (χ2v) is 14.5. The quantitative estimate of drug-likeness (QED) is 0.0667. The average Bonchev–Trinajstić information content (AvgIpc) is 3.08. The number of rotatable bonds is 26. The van der Waals surface area contributed by atoms with Crippen LogP contribution in [0, 0.1) is 0 Å². The molecule has 0 bridgehead atoms. The van der Waals surface area contributed by atoms with E-state index in [0.717, 1.165) is 29.7 Å². The highest BCUT2D eigenvalue weighted by Crippen LogP contribution is 2.40. The van der Waals surface area contributed by atoms with Crippen molar-refractivity contribution in [3.05, 3.63) is 52.1 Å². The summed E-state index contributed by atoms with van der Waals surface area (Å²) in [4.78, 5) is 27.5. The van der Waals surface area contributed by atoms with Gasteiger partial charge in [0, 0.05) is 22.8 Å². The SMILES string of the molecule is CCCCCCCCCCCC[N+](C)(CCCCCCCCCCCC)Cc1cc(OC)c2c(c1)C(=O)c1cc(OC)cc(O)c1C2=O.[Br-]. The number of methoxy groups -OCH3 is 2. The van der Waals surface area contributed by atoms with Crippen LogP contribution in [0.5, 0.6) is 17.2 Å². The number of hydrogen-bond donors (Lipinski definition) is 1. The van der Waals surface area contributed by atoms with Crippen LogP contribution < -0.4 is 26.5 Å². The zero-order valence-electron chi connectivity index (χ0n) is 31.5. The summed E-state index contributed by atoms with van der Waals surface area (Å²) in [5.74, 6) is -0.192. The zero-order valence-corrected chi connectivity index (χ0v) is 33.1. The third-order valence-corrected chi connectivity index (χ3v) is 10.3. The summed E-state index contributed by atoms with van der Waals surface area (Å²) in [7, 11) is 5.38. The Morgan fingerprint density at radius 3 is 1.47 bits per heavy atom. The highest BCUT2D eigenvalue weighted by atomic mass is 79.9. The lowest BCUT2D eigenvalue weighted by molar-refractivity contribution is -0.923. The van der Waals surface area contributed by atoms with Crippen molar-refractivity contribution in [3.63, 3.8) is 0 Å². The number of halogens is 1. The van der Waals surface area contributed by atoms with Crippen LogP contribution in [0.1, 0.15) is 180 Å². The van der Waals surface area contributed by atoms with Gasteiger partial charge in [-0.1, -0.05) is 117 Å². The number of quaternary nitrogens is 1. The van der Waals surface area contributed by atoms with E-state index in [4.69, 9.17) is 9.47 Å². The molecule has 0 amide bonds. The maximum Gasteiger partial charge on any atom is 0.201 e. The van der Waals surface area contributed by atoms with Crippen LogP contribution in [0.15, 0.2) is 24.3 Å². The Hall–Kier alpha value is -2.38. The molecule has 0 heterocycles. The van der Waals surface area contributed by atoms with Gasteiger partial charge < -0.3 is 36.0 Å². The average molecular weight is 745 g/mol. The van der Waals surface area contributed by atoms with E-state index in [1.807, 2.05) is 12.1 Å². The number of carbonyl (C=O) groups is 2. The Kier molecular flexibility index (Phi) is 20.2. The molecule has 276 valence electrons. The van der Waals surface area contributed by atoms with Gasteiger partial charge in [0.1, 0.15) is 23.8 Å². The first kappa shape index (κ1) is 42.8. The van der Waals surface area contributed by atoms with Crippen molar-refractivity contribution >= 4 is 11.6 Å². The summed E-state index contributed by atoms with van der Waals surface area (Å²) in [6.07, 6.45) is 26.4. The zero-order chi connectivity index (χ0) is 34.8. The predicted molar refractivity (Wildman–Crippen MR) is 198 cm³/mol. The number of phenolic OH excluding ortho intramolecular Hbond substituents is 1. The standard InChI is InChI=1S/C42H65NO5.BrH/c1-6-8-10-12-14-16-18-20-22-24-26-43(3,27-25-23-21-19-17-15-13-11-9-7-2)32-33-28-35-40(38(29-33)48-5)42(46)39-36(41(35)45)30-34(47-4)31-37(39)44;/h28-31H,6-27,32H2,1-5H3;1H. The fraction of sp³-hybridized carbons (Fsp3) is 0.667. The van der Waals surface area contributed by atoms with Crippen LogP contribution in [0.3, 0.4) is 0 Å². The van der Waals surface area contributed by atoms with Crippen LogP contribution in [-0.2, 0) is 6.54 Å². The van der Waals surface area contributed by atoms with Crippen LogP contribution in [-0.4, -0.2) is 55.5 Å². The normalized spacial score (nSPS) is 12.4. The Bertz CT molecular complexity index is 1270. The summed E-state index contributed by atoms with van der Waals surface area (Å²) in [6, 6.07) is 6.75. The lowest BCUT2D eigenvalue weighted by atomic mass is 9.82. The summed E-state index contributed by atoms with van der Waals surface area (Å²) in [5.41, 5.74) is 1.78. The Labute approximate surface area is 308 Å². The van der Waals surface area contributed by atoms with E-state index >= 15 is 0 Å². The maximum absolute atomic E-state index is 13.8. The molecule has 3 rings (SSSR count). The van der Waals surface area contributed by atoms with Crippen LogP contribution in [0.2, 0.25) is 0 Å². The number of phenols is 1. The molecular weight excluding hydrogens is 678 g/mol. The van der Waals surface area contributed by atoms with Gasteiger partial charge in [-0.2, -0.15) is 0 Å². The summed E-state index contributed by atoms with van der Waals surface area (Å²) >= 11 is 0. The fourth-order valence-corrected chi connectivity index (χ4v) is 7.42. The highest BCUT2D eigenvalue weighted by Gasteiger charge is 2.36. The molecule has 0 saturated heterocycles. The molecular formula is C42H66BrNO5. The van der Waals surface area contributed by atoms with Crippen molar-refractivity contribution in [2.24, 2.45) is 0 Å². The van der Waals surface area contributed by atoms with Gasteiger partial charge in [-0.15, -0.1) is 0 Å². The lowest BCUT2D eigenvalue weighted by Gasteiger charge is -2.35. The van der Waals surface area contributed by atoms with Crippen molar-refractivity contribution in [2.45, 2.75) is 149 Å². The summed E-state index contributed by atoms with van der Waals surface area (Å²) in [5, 5.41) is 10.6. The molecule has 7 heteroatoms. The maximum atomic E-state index is 13.8. The van der Waals surface area contributed by atoms with Crippen molar-refractivity contribution in [3.8, 4) is 17.2 Å². The van der Waals surface area contributed by atoms with Crippen LogP contribution >= 0.6 is 0 Å². The molecule has 0 radical (unpaired) electrons. The van der Waals surface area contributed by atoms with Gasteiger partial charge in [0.05, 0.1) is 45.5 Å². The summed E-state index contributed by atoms with van der Waals surface area (Å²) in [6.45, 7) is 7.50. The number of ketones is 2. The minimum absolute atomic E-state index is 0. The molecule has 2 aromatic carbocycles. The molecule has 0 spiro atoms. The van der Waals surface area contributed by atoms with Crippen molar-refractivity contribution in [1.82, 2.24) is 0 Å². The van der Waals surface area contributed by atoms with Crippen LogP contribution in [0.4, 0.5) is 0 Å². The van der Waals surface area contributed by atoms with E-state index in [0.29, 0.717) is 17.1 Å². The molecule has 1 aliphatic carbocycles. The molecule has 0 fully saturated rings. The molecule has 0 aliphatic heterocycles. The number of carbonyl (C=O) groups excluding carboxylic acids is 2. The van der Waals surface area contributed by atoms with Gasteiger partial charge in [0.2, 0.25) is 5.78 Å². The van der Waals surface area contributed by atoms with Crippen molar-refractivity contribution in [1.29, 1.82) is 0 Å². The van der Waals surface area contributed by atoms with Gasteiger partial charge in [-0.05, 0) is 43.9 Å². The molecule has 49 heavy (non-hydrogen) atoms. The van der Waals surface area contributed by atoms with Gasteiger partial charge in [-0.25, -0.2) is 0 Å². The first-order valence-corrected chi connectivity index (χ1v) is 19.3. The first-order chi connectivity index (χ1) is 23.3. The largest absolute Gasteiger partial charge is 1.00 e. The fourth-order valence-electron chi connectivity index (χ4n) is 7.42. The Balaban J connectivity index is 0.00000833. The molecule has 1 aliphatic rings. The molecule has 2 aromatic rings. The number of hydrogen-bond acceptors (Lipinski definition) is 5. The van der Waals surface area contributed by atoms with Gasteiger partial charge in [0.25, 0.3) is 0 Å². The number of benzene rings is 2. The second-order valence-electron chi connectivity index (χ2n) is 14.5. The monoisotopic (exact) mass is 743 g/mol. The van der Waals surface area contributed by atoms with E-state index in [1.165, 1.54) is 142 Å². The van der Waals surface area contributed by atoms with Gasteiger partial charge in [-0.3, -0.25) is 9.59 Å². The number of unbranched alkanes of at least 4 members (excludes halogenated alkanes) is 18. The topological polar surface area (TPSA) is 72.8 Å². The minimum Gasteiger partial charge on any atom is -1.00 e. The molecule has 0 saturated carbocycles. The number of aromatic hydroxyl groups is 1. The predicted octanol–water partition coefficient (Wildman–Crippen LogP) is 7.98. The number of ether oxygens (including phenoxy) is 2. The molecule has 0 unspecified atom stereocenters. The van der Waals surface area contributed by atoms with Crippen molar-refractivity contribution in [2.75, 3.05) is 34.4 Å². The number of nitrogens with zero attached hydrogens (tertiary/aromatic N) is 1. The molecule has 0 aromatic heterocycles. The van der Waals surface area contributed by atoms with E-state index in [2.05, 4.69) is 20.9 Å². The lowest BCUT2D eigenvalue weighted by Crippen LogP contribution is -3.00. The van der Waals surface area contributed by atoms with E-state index in [1.54, 1.807) is 13.2 Å². The third kappa shape index (κ3) is 13.4. The van der Waals surface area contributed by atoms with E-state index in [-0.39, 0.29) is 45.2 Å². The van der Waals surface area contributed by atoms with E-state index in [9.17, 15) is 14.7 Å². The van der Waals surface area contributed by atoms with E-state index < -0.39 is 5.78 Å². The summed E-state index contributed by atoms with van der Waals surface area (Å²) < 4.78 is 11.9. The number of fused-ring (bicyclic) bond motifs is 2. The van der Waals surface area contributed by atoms with Crippen molar-refractivity contribution < 1.29 is 45.6 Å². The third-order valence-electron chi connectivity index (χ3n) is 10.3. The smallest absolute Gasteiger partial charge is 0.201 e. The minimum atomic E-state index is -0.392. The first-order valence-electron chi connectivity index (χ1n) is 19.3. The second kappa shape index (κ2) is 23.2.